The molecular formula is C18H13NO4S. The summed E-state index contributed by atoms with van der Waals surface area (Å²) in [4.78, 5) is 26.5. The van der Waals surface area contributed by atoms with E-state index in [0.29, 0.717) is 22.1 Å². The summed E-state index contributed by atoms with van der Waals surface area (Å²) < 4.78 is 10.7. The fourth-order valence-corrected chi connectivity index (χ4v) is 3.46. The molecule has 2 amide bonds. The van der Waals surface area contributed by atoms with Gasteiger partial charge in [-0.3, -0.25) is 9.59 Å². The number of ether oxygens (including phenoxy) is 2. The molecule has 24 heavy (non-hydrogen) atoms. The first-order valence-corrected chi connectivity index (χ1v) is 8.18. The Morgan fingerprint density at radius 3 is 2.54 bits per heavy atom. The summed E-state index contributed by atoms with van der Waals surface area (Å²) in [5.41, 5.74) is 2.36. The zero-order chi connectivity index (χ0) is 16.7. The fraction of sp³-hybridized carbons (Fsp3) is 0.111. The molecule has 2 aliphatic rings. The average Bonchev–Trinajstić information content (AvgIpc) is 3.13. The van der Waals surface area contributed by atoms with Crippen molar-refractivity contribution in [2.45, 2.75) is 6.92 Å². The van der Waals surface area contributed by atoms with Gasteiger partial charge in [-0.25, -0.2) is 4.90 Å². The highest BCUT2D eigenvalue weighted by Crippen LogP contribution is 2.39. The molecular weight excluding hydrogens is 326 g/mol. The number of carbonyl (C=O) groups is 2. The predicted octanol–water partition coefficient (Wildman–Crippen LogP) is 3.96. The molecule has 0 radical (unpaired) electrons. The monoisotopic (exact) mass is 339 g/mol. The number of hydrogen-bond acceptors (Lipinski definition) is 5. The van der Waals surface area contributed by atoms with Crippen LogP contribution in [-0.2, 0) is 4.79 Å². The second-order valence-electron chi connectivity index (χ2n) is 5.41. The van der Waals surface area contributed by atoms with Crippen LogP contribution in [0.4, 0.5) is 10.5 Å². The van der Waals surface area contributed by atoms with E-state index in [1.807, 2.05) is 25.1 Å². The number of nitrogens with zero attached hydrogens (tertiary/aromatic N) is 1. The Kier molecular flexibility index (Phi) is 3.54. The SMILES string of the molecule is Cc1cc2c(cc1/C=C1\SC(=O)N(c3ccccc3)C1=O)OCO2. The van der Waals surface area contributed by atoms with Crippen LogP contribution in [0.15, 0.2) is 47.4 Å². The molecule has 1 fully saturated rings. The number of imide groups is 1. The largest absolute Gasteiger partial charge is 0.454 e. The Morgan fingerprint density at radius 2 is 1.79 bits per heavy atom. The number of carbonyl (C=O) groups excluding carboxylic acids is 2. The van der Waals surface area contributed by atoms with Gasteiger partial charge >= 0.3 is 0 Å². The Hall–Kier alpha value is -2.73. The van der Waals surface area contributed by atoms with Gasteiger partial charge in [0.1, 0.15) is 0 Å². The number of hydrogen-bond donors (Lipinski definition) is 0. The molecule has 2 aliphatic heterocycles. The van der Waals surface area contributed by atoms with Crippen molar-refractivity contribution < 1.29 is 19.1 Å². The molecule has 0 bridgehead atoms. The van der Waals surface area contributed by atoms with Crippen molar-refractivity contribution in [3.05, 3.63) is 58.5 Å². The van der Waals surface area contributed by atoms with Gasteiger partial charge in [0, 0.05) is 0 Å². The summed E-state index contributed by atoms with van der Waals surface area (Å²) >= 11 is 0.940. The van der Waals surface area contributed by atoms with E-state index in [9.17, 15) is 9.59 Å². The zero-order valence-electron chi connectivity index (χ0n) is 12.8. The molecule has 2 heterocycles. The Labute approximate surface area is 142 Å². The first-order chi connectivity index (χ1) is 11.6. The van der Waals surface area contributed by atoms with Crippen molar-refractivity contribution in [2.24, 2.45) is 0 Å². The summed E-state index contributed by atoms with van der Waals surface area (Å²) in [7, 11) is 0. The molecule has 0 unspecified atom stereocenters. The highest BCUT2D eigenvalue weighted by atomic mass is 32.2. The van der Waals surface area contributed by atoms with Crippen LogP contribution in [0.1, 0.15) is 11.1 Å². The summed E-state index contributed by atoms with van der Waals surface area (Å²) in [6, 6.07) is 12.6. The van der Waals surface area contributed by atoms with Gasteiger partial charge in [-0.2, -0.15) is 0 Å². The average molecular weight is 339 g/mol. The lowest BCUT2D eigenvalue weighted by Crippen LogP contribution is -2.27. The molecule has 2 aromatic carbocycles. The second-order valence-corrected chi connectivity index (χ2v) is 6.41. The number of benzene rings is 2. The second kappa shape index (κ2) is 5.72. The van der Waals surface area contributed by atoms with Crippen LogP contribution >= 0.6 is 11.8 Å². The van der Waals surface area contributed by atoms with Crippen LogP contribution < -0.4 is 14.4 Å². The van der Waals surface area contributed by atoms with E-state index >= 15 is 0 Å². The van der Waals surface area contributed by atoms with E-state index in [1.54, 1.807) is 30.3 Å². The van der Waals surface area contributed by atoms with E-state index in [2.05, 4.69) is 0 Å². The van der Waals surface area contributed by atoms with Gasteiger partial charge in [0.05, 0.1) is 10.6 Å². The molecule has 0 atom stereocenters. The van der Waals surface area contributed by atoms with E-state index < -0.39 is 0 Å². The van der Waals surface area contributed by atoms with Gasteiger partial charge in [-0.15, -0.1) is 0 Å². The van der Waals surface area contributed by atoms with E-state index in [4.69, 9.17) is 9.47 Å². The number of para-hydroxylation sites is 1. The van der Waals surface area contributed by atoms with Gasteiger partial charge in [0.15, 0.2) is 11.5 Å². The molecule has 6 heteroatoms. The van der Waals surface area contributed by atoms with Gasteiger partial charge in [0.2, 0.25) is 6.79 Å². The molecule has 0 saturated carbocycles. The summed E-state index contributed by atoms with van der Waals surface area (Å²) in [6.07, 6.45) is 1.73. The number of anilines is 1. The van der Waals surface area contributed by atoms with Gasteiger partial charge in [-0.1, -0.05) is 18.2 Å². The van der Waals surface area contributed by atoms with Crippen molar-refractivity contribution in [3.63, 3.8) is 0 Å². The van der Waals surface area contributed by atoms with Crippen LogP contribution in [0.3, 0.4) is 0 Å². The van der Waals surface area contributed by atoms with Crippen LogP contribution in [-0.4, -0.2) is 17.9 Å². The van der Waals surface area contributed by atoms with Gasteiger partial charge in [-0.05, 0) is 60.2 Å². The van der Waals surface area contributed by atoms with Crippen LogP contribution in [0.25, 0.3) is 6.08 Å². The van der Waals surface area contributed by atoms with Crippen molar-refractivity contribution >= 4 is 34.7 Å². The minimum atomic E-state index is -0.312. The smallest absolute Gasteiger partial charge is 0.298 e. The maximum absolute atomic E-state index is 12.6. The Morgan fingerprint density at radius 1 is 1.08 bits per heavy atom. The third kappa shape index (κ3) is 2.45. The maximum atomic E-state index is 12.6. The molecule has 0 N–H and O–H groups in total. The number of fused-ring (bicyclic) bond motifs is 1. The van der Waals surface area contributed by atoms with Crippen molar-refractivity contribution in [1.82, 2.24) is 0 Å². The number of thioether (sulfide) groups is 1. The van der Waals surface area contributed by atoms with E-state index in [-0.39, 0.29) is 17.9 Å². The fourth-order valence-electron chi connectivity index (χ4n) is 2.62. The minimum absolute atomic E-state index is 0.197. The molecule has 0 aliphatic carbocycles. The van der Waals surface area contributed by atoms with Gasteiger partial charge < -0.3 is 9.47 Å². The summed E-state index contributed by atoms with van der Waals surface area (Å²) in [5, 5.41) is -0.296. The molecule has 1 saturated heterocycles. The first-order valence-electron chi connectivity index (χ1n) is 7.37. The van der Waals surface area contributed by atoms with Crippen LogP contribution in [0.2, 0.25) is 0 Å². The Bertz CT molecular complexity index is 876. The lowest BCUT2D eigenvalue weighted by molar-refractivity contribution is -0.113. The lowest BCUT2D eigenvalue weighted by Gasteiger charge is -2.11. The molecule has 5 nitrogen and oxygen atoms in total. The highest BCUT2D eigenvalue weighted by molar-refractivity contribution is 8.19. The minimum Gasteiger partial charge on any atom is -0.454 e. The van der Waals surface area contributed by atoms with Crippen molar-refractivity contribution in [1.29, 1.82) is 0 Å². The maximum Gasteiger partial charge on any atom is 0.298 e. The van der Waals surface area contributed by atoms with Crippen molar-refractivity contribution in [2.75, 3.05) is 11.7 Å². The molecule has 0 spiro atoms. The predicted molar refractivity (Wildman–Crippen MR) is 92.2 cm³/mol. The molecule has 2 aromatic rings. The van der Waals surface area contributed by atoms with Crippen LogP contribution in [0.5, 0.6) is 11.5 Å². The third-order valence-corrected chi connectivity index (χ3v) is 4.73. The van der Waals surface area contributed by atoms with Crippen molar-refractivity contribution in [3.8, 4) is 11.5 Å². The van der Waals surface area contributed by atoms with Crippen LogP contribution in [0, 0.1) is 6.92 Å². The molecule has 4 rings (SSSR count). The number of aryl methyl sites for hydroxylation is 1. The van der Waals surface area contributed by atoms with E-state index in [0.717, 1.165) is 22.9 Å². The van der Waals surface area contributed by atoms with Gasteiger partial charge in [0.25, 0.3) is 11.1 Å². The summed E-state index contributed by atoms with van der Waals surface area (Å²) in [5.74, 6) is 1.03. The number of rotatable bonds is 2. The topological polar surface area (TPSA) is 55.8 Å². The molecule has 0 aromatic heterocycles. The number of amides is 2. The standard InChI is InChI=1S/C18H13NO4S/c1-11-7-14-15(23-10-22-14)8-12(11)9-16-17(20)19(18(21)24-16)13-5-3-2-4-6-13/h2-9H,10H2,1H3/b16-9-. The Balaban J connectivity index is 1.70. The summed E-state index contributed by atoms with van der Waals surface area (Å²) in [6.45, 7) is 2.12. The lowest BCUT2D eigenvalue weighted by atomic mass is 10.1. The van der Waals surface area contributed by atoms with E-state index in [1.165, 1.54) is 4.90 Å². The molecule has 120 valence electrons. The third-order valence-electron chi connectivity index (χ3n) is 3.86. The normalized spacial score (nSPS) is 17.9. The first kappa shape index (κ1) is 14.8. The highest BCUT2D eigenvalue weighted by Gasteiger charge is 2.36. The zero-order valence-corrected chi connectivity index (χ0v) is 13.6. The quantitative estimate of drug-likeness (QED) is 0.775.